The minimum absolute atomic E-state index is 0.0430. The molecular weight excluding hydrogens is 504 g/mol. The number of carbonyl (C=O) groups is 1. The van der Waals surface area contributed by atoms with Crippen LogP contribution in [0.3, 0.4) is 0 Å². The second-order valence-electron chi connectivity index (χ2n) is 8.53. The maximum atomic E-state index is 12.8. The molecule has 6 nitrogen and oxygen atoms in total. The maximum Gasteiger partial charge on any atom is 0.252 e. The van der Waals surface area contributed by atoms with Gasteiger partial charge in [0.1, 0.15) is 12.4 Å². The van der Waals surface area contributed by atoms with E-state index in [1.165, 1.54) is 11.8 Å². The van der Waals surface area contributed by atoms with Crippen LogP contribution in [-0.4, -0.2) is 42.3 Å². The molecule has 0 N–H and O–H groups in total. The van der Waals surface area contributed by atoms with Gasteiger partial charge in [0.25, 0.3) is 5.91 Å². The van der Waals surface area contributed by atoms with E-state index in [0.29, 0.717) is 22.5 Å². The van der Waals surface area contributed by atoms with E-state index in [4.69, 9.17) is 16.3 Å². The Hall–Kier alpha value is -2.81. The number of anilines is 1. The van der Waals surface area contributed by atoms with Crippen LogP contribution in [0.25, 0.3) is 0 Å². The van der Waals surface area contributed by atoms with E-state index in [1.807, 2.05) is 59.5 Å². The highest BCUT2D eigenvalue weighted by Crippen LogP contribution is 2.41. The smallest absolute Gasteiger partial charge is 0.252 e. The molecule has 2 heterocycles. The molecule has 2 aliphatic heterocycles. The van der Waals surface area contributed by atoms with Crippen LogP contribution in [0.15, 0.2) is 83.9 Å². The zero-order valence-corrected chi connectivity index (χ0v) is 21.1. The van der Waals surface area contributed by atoms with Gasteiger partial charge in [0.15, 0.2) is 15.0 Å². The molecule has 0 aliphatic carbocycles. The first-order valence-electron chi connectivity index (χ1n) is 11.2. The number of hydrogen-bond acceptors (Lipinski definition) is 5. The first kappa shape index (κ1) is 23.9. The van der Waals surface area contributed by atoms with E-state index in [1.54, 1.807) is 24.3 Å². The van der Waals surface area contributed by atoms with Crippen molar-refractivity contribution < 1.29 is 17.9 Å². The third kappa shape index (κ3) is 5.72. The number of amides is 1. The van der Waals surface area contributed by atoms with Gasteiger partial charge in [-0.1, -0.05) is 65.8 Å². The highest BCUT2D eigenvalue weighted by Gasteiger charge is 2.49. The quantitative estimate of drug-likeness (QED) is 0.461. The van der Waals surface area contributed by atoms with Crippen LogP contribution in [0.2, 0.25) is 5.02 Å². The molecule has 1 amide bonds. The minimum atomic E-state index is -3.14. The summed E-state index contributed by atoms with van der Waals surface area (Å²) in [6, 6.07) is 24.2. The number of halogens is 1. The third-order valence-corrected chi connectivity index (χ3v) is 9.38. The van der Waals surface area contributed by atoms with Crippen LogP contribution >= 0.6 is 23.4 Å². The van der Waals surface area contributed by atoms with E-state index >= 15 is 0 Å². The van der Waals surface area contributed by atoms with Gasteiger partial charge >= 0.3 is 0 Å². The summed E-state index contributed by atoms with van der Waals surface area (Å²) in [7, 11) is -3.14. The molecule has 3 aromatic carbocycles. The van der Waals surface area contributed by atoms with Gasteiger partial charge in [0.05, 0.1) is 24.0 Å². The molecule has 0 radical (unpaired) electrons. The van der Waals surface area contributed by atoms with E-state index in [0.717, 1.165) is 16.8 Å². The third-order valence-electron chi connectivity index (χ3n) is 5.92. The van der Waals surface area contributed by atoms with Crippen LogP contribution in [0.5, 0.6) is 5.75 Å². The predicted molar refractivity (Wildman–Crippen MR) is 141 cm³/mol. The minimum Gasteiger partial charge on any atom is -0.489 e. The van der Waals surface area contributed by atoms with Crippen molar-refractivity contribution in [2.45, 2.75) is 24.3 Å². The van der Waals surface area contributed by atoms with Gasteiger partial charge in [-0.3, -0.25) is 4.79 Å². The van der Waals surface area contributed by atoms with Gasteiger partial charge in [-0.05, 0) is 47.5 Å². The Balaban J connectivity index is 1.35. The molecule has 2 atom stereocenters. The van der Waals surface area contributed by atoms with Gasteiger partial charge in [0, 0.05) is 16.0 Å². The summed E-state index contributed by atoms with van der Waals surface area (Å²) in [5, 5.41) is 0.984. The average Bonchev–Trinajstić information content (AvgIpc) is 3.30. The molecule has 2 fully saturated rings. The Morgan fingerprint density at radius 2 is 1.69 bits per heavy atom. The molecule has 2 saturated heterocycles. The molecule has 35 heavy (non-hydrogen) atoms. The van der Waals surface area contributed by atoms with Crippen LogP contribution in [0.4, 0.5) is 5.69 Å². The molecular formula is C26H23ClN2O4S2. The second-order valence-corrected chi connectivity index (χ2v) is 12.3. The molecule has 180 valence electrons. The van der Waals surface area contributed by atoms with Crippen LogP contribution in [0.1, 0.15) is 11.1 Å². The number of benzene rings is 3. The summed E-state index contributed by atoms with van der Waals surface area (Å²) in [6.45, 7) is 0.453. The van der Waals surface area contributed by atoms with Gasteiger partial charge in [-0.15, -0.1) is 0 Å². The predicted octanol–water partition coefficient (Wildman–Crippen LogP) is 4.76. The van der Waals surface area contributed by atoms with Crippen molar-refractivity contribution in [2.75, 3.05) is 16.4 Å². The van der Waals surface area contributed by atoms with E-state index in [-0.39, 0.29) is 35.1 Å². The summed E-state index contributed by atoms with van der Waals surface area (Å²) in [5.41, 5.74) is 2.67. The molecule has 0 bridgehead atoms. The normalized spacial score (nSPS) is 21.7. The van der Waals surface area contributed by atoms with Crippen molar-refractivity contribution in [1.82, 2.24) is 0 Å². The molecule has 9 heteroatoms. The Morgan fingerprint density at radius 1 is 0.971 bits per heavy atom. The van der Waals surface area contributed by atoms with Crippen molar-refractivity contribution in [1.29, 1.82) is 0 Å². The largest absolute Gasteiger partial charge is 0.489 e. The van der Waals surface area contributed by atoms with Gasteiger partial charge in [-0.25, -0.2) is 8.42 Å². The van der Waals surface area contributed by atoms with Crippen molar-refractivity contribution in [3.8, 4) is 5.75 Å². The zero-order chi connectivity index (χ0) is 24.4. The van der Waals surface area contributed by atoms with Gasteiger partial charge in [0.2, 0.25) is 0 Å². The number of thioether (sulfide) groups is 1. The number of rotatable bonds is 6. The van der Waals surface area contributed by atoms with Crippen molar-refractivity contribution in [3.05, 3.63) is 95.0 Å². The van der Waals surface area contributed by atoms with E-state index in [2.05, 4.69) is 4.99 Å². The molecule has 0 spiro atoms. The highest BCUT2D eigenvalue weighted by molar-refractivity contribution is 8.16. The van der Waals surface area contributed by atoms with E-state index < -0.39 is 9.84 Å². The first-order valence-corrected chi connectivity index (χ1v) is 14.2. The number of aliphatic imine (C=N–C) groups is 1. The van der Waals surface area contributed by atoms with Gasteiger partial charge in [-0.2, -0.15) is 4.99 Å². The van der Waals surface area contributed by atoms with Crippen LogP contribution in [0, 0.1) is 0 Å². The SMILES string of the molecule is O=C(Cc1ccc(Cl)cc1)N=C1S[C@H]2CS(=O)(=O)C[C@@H]2N1c1ccc(OCc2ccccc2)cc1. The standard InChI is InChI=1S/C26H23ClN2O4S2/c27-20-8-6-18(7-9-20)14-25(30)28-26-29(23-16-35(31,32)17-24(23)34-26)21-10-12-22(13-11-21)33-15-19-4-2-1-3-5-19/h1-13,23-24H,14-17H2/t23-,24-/m0/s1. The molecule has 3 aromatic rings. The summed E-state index contributed by atoms with van der Waals surface area (Å²) in [5.74, 6) is 0.547. The molecule has 0 aromatic heterocycles. The summed E-state index contributed by atoms with van der Waals surface area (Å²) in [6.07, 6.45) is 0.148. The number of ether oxygens (including phenoxy) is 1. The van der Waals surface area contributed by atoms with Crippen molar-refractivity contribution in [3.63, 3.8) is 0 Å². The average molecular weight is 527 g/mol. The number of sulfone groups is 1. The molecule has 2 aliphatic rings. The highest BCUT2D eigenvalue weighted by atomic mass is 35.5. The van der Waals surface area contributed by atoms with Gasteiger partial charge < -0.3 is 9.64 Å². The topological polar surface area (TPSA) is 76.0 Å². The van der Waals surface area contributed by atoms with Crippen LogP contribution < -0.4 is 9.64 Å². The molecule has 0 unspecified atom stereocenters. The lowest BCUT2D eigenvalue weighted by Crippen LogP contribution is -2.37. The lowest BCUT2D eigenvalue weighted by Gasteiger charge is -2.24. The lowest BCUT2D eigenvalue weighted by molar-refractivity contribution is -0.117. The monoisotopic (exact) mass is 526 g/mol. The molecule has 5 rings (SSSR count). The number of amidine groups is 1. The Bertz CT molecular complexity index is 1340. The Kier molecular flexibility index (Phi) is 6.86. The number of fused-ring (bicyclic) bond motifs is 1. The summed E-state index contributed by atoms with van der Waals surface area (Å²) < 4.78 is 30.5. The number of carbonyl (C=O) groups excluding carboxylic acids is 1. The summed E-state index contributed by atoms with van der Waals surface area (Å²) >= 11 is 7.29. The van der Waals surface area contributed by atoms with Crippen LogP contribution in [-0.2, 0) is 27.7 Å². The fraction of sp³-hybridized carbons (Fsp3) is 0.231. The zero-order valence-electron chi connectivity index (χ0n) is 18.7. The molecule has 0 saturated carbocycles. The Morgan fingerprint density at radius 3 is 2.40 bits per heavy atom. The second kappa shape index (κ2) is 10.0. The van der Waals surface area contributed by atoms with Crippen molar-refractivity contribution in [2.24, 2.45) is 4.99 Å². The summed E-state index contributed by atoms with van der Waals surface area (Å²) in [4.78, 5) is 19.0. The fourth-order valence-electron chi connectivity index (χ4n) is 4.23. The Labute approximate surface area is 213 Å². The maximum absolute atomic E-state index is 12.8. The van der Waals surface area contributed by atoms with E-state index in [9.17, 15) is 13.2 Å². The first-order chi connectivity index (χ1) is 16.9. The van der Waals surface area contributed by atoms with Crippen molar-refractivity contribution >= 4 is 50.0 Å². The number of nitrogens with zero attached hydrogens (tertiary/aromatic N) is 2. The fourth-order valence-corrected chi connectivity index (χ4v) is 8.29. The lowest BCUT2D eigenvalue weighted by atomic mass is 10.1. The number of hydrogen-bond donors (Lipinski definition) is 0.